The monoisotopic (exact) mass is 455 g/mol. The number of amides is 1. The van der Waals surface area contributed by atoms with Crippen molar-refractivity contribution in [2.75, 3.05) is 26.2 Å². The molecule has 3 rings (SSSR count). The van der Waals surface area contributed by atoms with Crippen LogP contribution in [0.3, 0.4) is 0 Å². The van der Waals surface area contributed by atoms with Crippen molar-refractivity contribution in [2.45, 2.75) is 26.3 Å². The van der Waals surface area contributed by atoms with E-state index >= 15 is 0 Å². The summed E-state index contributed by atoms with van der Waals surface area (Å²) < 4.78 is 0. The third kappa shape index (κ3) is 5.35. The Morgan fingerprint density at radius 3 is 2.72 bits per heavy atom. The number of aromatic nitrogens is 1. The topological polar surface area (TPSA) is 72.5 Å². The number of para-hydroxylation sites is 1. The van der Waals surface area contributed by atoms with Gasteiger partial charge in [0.2, 0.25) is 5.91 Å². The third-order valence-corrected chi connectivity index (χ3v) is 4.20. The number of nitrogens with zero attached hydrogens (tertiary/aromatic N) is 2. The summed E-state index contributed by atoms with van der Waals surface area (Å²) in [6, 6.07) is 10.3. The quantitative estimate of drug-likeness (QED) is 0.369. The molecule has 7 heteroatoms. The lowest BCUT2D eigenvalue weighted by atomic mass is 10.2. The Hall–Kier alpha value is -1.77. The fraction of sp³-hybridized carbons (Fsp3) is 0.444. The highest BCUT2D eigenvalue weighted by molar-refractivity contribution is 14.0. The second-order valence-corrected chi connectivity index (χ2v) is 6.02. The molecule has 136 valence electrons. The normalized spacial score (nSPS) is 14.4. The molecule has 1 aromatic heterocycles. The lowest BCUT2D eigenvalue weighted by Gasteiger charge is -2.17. The summed E-state index contributed by atoms with van der Waals surface area (Å²) in [5.74, 6) is 0.812. The summed E-state index contributed by atoms with van der Waals surface area (Å²) in [5.41, 5.74) is 2.17. The van der Waals surface area contributed by atoms with Crippen LogP contribution in [0.1, 0.15) is 25.5 Å². The minimum Gasteiger partial charge on any atom is -0.357 e. The van der Waals surface area contributed by atoms with E-state index in [1.807, 2.05) is 24.0 Å². The molecule has 0 unspecified atom stereocenters. The van der Waals surface area contributed by atoms with Crippen LogP contribution in [0.4, 0.5) is 0 Å². The molecule has 0 saturated carbocycles. The number of nitrogens with one attached hydrogen (secondary N) is 3. The van der Waals surface area contributed by atoms with Gasteiger partial charge in [0, 0.05) is 30.8 Å². The standard InChI is InChI=1S/C18H25N5O.HI/c1-2-19-18(21-13-17(24)23-9-5-6-10-23)20-12-15-11-14-7-3-4-8-16(14)22-15;/h3-4,7-8,11,22H,2,5-6,9-10,12-13H2,1H3,(H2,19,20,21);1H. The number of halogens is 1. The second kappa shape index (κ2) is 9.65. The zero-order chi connectivity index (χ0) is 16.8. The second-order valence-electron chi connectivity index (χ2n) is 6.02. The van der Waals surface area contributed by atoms with Gasteiger partial charge in [-0.25, -0.2) is 4.99 Å². The molecule has 25 heavy (non-hydrogen) atoms. The summed E-state index contributed by atoms with van der Waals surface area (Å²) in [6.07, 6.45) is 2.22. The van der Waals surface area contributed by atoms with E-state index < -0.39 is 0 Å². The average Bonchev–Trinajstić information content (AvgIpc) is 3.26. The van der Waals surface area contributed by atoms with Crippen LogP contribution in [0.5, 0.6) is 0 Å². The smallest absolute Gasteiger partial charge is 0.241 e. The number of rotatable bonds is 5. The lowest BCUT2D eigenvalue weighted by Crippen LogP contribution is -2.44. The van der Waals surface area contributed by atoms with Crippen molar-refractivity contribution in [2.24, 2.45) is 4.99 Å². The lowest BCUT2D eigenvalue weighted by molar-refractivity contribution is -0.128. The molecule has 1 amide bonds. The molecular formula is C18H26IN5O. The molecule has 0 radical (unpaired) electrons. The maximum Gasteiger partial charge on any atom is 0.241 e. The molecular weight excluding hydrogens is 429 g/mol. The Balaban J connectivity index is 0.00000225. The Labute approximate surface area is 165 Å². The molecule has 3 N–H and O–H groups in total. The summed E-state index contributed by atoms with van der Waals surface area (Å²) >= 11 is 0. The van der Waals surface area contributed by atoms with Gasteiger partial charge >= 0.3 is 0 Å². The van der Waals surface area contributed by atoms with E-state index in [1.165, 1.54) is 5.39 Å². The zero-order valence-corrected chi connectivity index (χ0v) is 16.9. The van der Waals surface area contributed by atoms with Crippen molar-refractivity contribution in [1.82, 2.24) is 20.5 Å². The van der Waals surface area contributed by atoms with Gasteiger partial charge in [0.25, 0.3) is 0 Å². The van der Waals surface area contributed by atoms with Crippen LogP contribution in [0.25, 0.3) is 10.9 Å². The number of hydrogen-bond donors (Lipinski definition) is 3. The molecule has 2 heterocycles. The minimum absolute atomic E-state index is 0. The van der Waals surface area contributed by atoms with Crippen molar-refractivity contribution >= 4 is 46.7 Å². The fourth-order valence-corrected chi connectivity index (χ4v) is 2.96. The molecule has 1 aliphatic heterocycles. The Morgan fingerprint density at radius 2 is 2.00 bits per heavy atom. The highest BCUT2D eigenvalue weighted by atomic mass is 127. The highest BCUT2D eigenvalue weighted by Crippen LogP contribution is 2.15. The van der Waals surface area contributed by atoms with Gasteiger partial charge in [-0.05, 0) is 37.3 Å². The van der Waals surface area contributed by atoms with E-state index in [1.54, 1.807) is 0 Å². The largest absolute Gasteiger partial charge is 0.357 e. The minimum atomic E-state index is 0. The molecule has 1 fully saturated rings. The first kappa shape index (κ1) is 19.6. The number of carbonyl (C=O) groups is 1. The Morgan fingerprint density at radius 1 is 1.24 bits per heavy atom. The van der Waals surface area contributed by atoms with Crippen LogP contribution in [-0.2, 0) is 11.3 Å². The van der Waals surface area contributed by atoms with Gasteiger partial charge in [-0.3, -0.25) is 4.79 Å². The van der Waals surface area contributed by atoms with E-state index in [0.717, 1.165) is 43.7 Å². The number of H-pyrrole nitrogens is 1. The molecule has 0 bridgehead atoms. The van der Waals surface area contributed by atoms with Crippen LogP contribution in [-0.4, -0.2) is 47.9 Å². The first-order chi connectivity index (χ1) is 11.8. The van der Waals surface area contributed by atoms with Gasteiger partial charge in [-0.15, -0.1) is 24.0 Å². The summed E-state index contributed by atoms with van der Waals surface area (Å²) in [7, 11) is 0. The molecule has 1 aliphatic rings. The SMILES string of the molecule is CCNC(=NCc1cc2ccccc2[nH]1)NCC(=O)N1CCCC1.I. The predicted molar refractivity (Wildman–Crippen MR) is 112 cm³/mol. The number of carbonyl (C=O) groups excluding carboxylic acids is 1. The van der Waals surface area contributed by atoms with Gasteiger partial charge in [-0.2, -0.15) is 0 Å². The van der Waals surface area contributed by atoms with E-state index in [-0.39, 0.29) is 29.9 Å². The van der Waals surface area contributed by atoms with Crippen LogP contribution >= 0.6 is 24.0 Å². The average molecular weight is 455 g/mol. The first-order valence-corrected chi connectivity index (χ1v) is 8.63. The van der Waals surface area contributed by atoms with Gasteiger partial charge in [-0.1, -0.05) is 18.2 Å². The van der Waals surface area contributed by atoms with Gasteiger partial charge < -0.3 is 20.5 Å². The number of guanidine groups is 1. The van der Waals surface area contributed by atoms with Crippen molar-refractivity contribution < 1.29 is 4.79 Å². The Kier molecular flexibility index (Phi) is 7.54. The fourth-order valence-electron chi connectivity index (χ4n) is 2.96. The number of hydrogen-bond acceptors (Lipinski definition) is 2. The van der Waals surface area contributed by atoms with E-state index in [9.17, 15) is 4.79 Å². The van der Waals surface area contributed by atoms with Gasteiger partial charge in [0.1, 0.15) is 0 Å². The summed E-state index contributed by atoms with van der Waals surface area (Å²) in [5, 5.41) is 7.51. The molecule has 6 nitrogen and oxygen atoms in total. The summed E-state index contributed by atoms with van der Waals surface area (Å²) in [6.45, 7) is 5.37. The number of aromatic amines is 1. The van der Waals surface area contributed by atoms with Crippen molar-refractivity contribution in [3.8, 4) is 0 Å². The van der Waals surface area contributed by atoms with Gasteiger partial charge in [0.15, 0.2) is 5.96 Å². The van der Waals surface area contributed by atoms with E-state index in [2.05, 4.69) is 38.8 Å². The maximum absolute atomic E-state index is 12.1. The third-order valence-electron chi connectivity index (χ3n) is 4.20. The van der Waals surface area contributed by atoms with Crippen molar-refractivity contribution in [3.63, 3.8) is 0 Å². The molecule has 1 aromatic carbocycles. The maximum atomic E-state index is 12.1. The van der Waals surface area contributed by atoms with Crippen LogP contribution in [0.2, 0.25) is 0 Å². The van der Waals surface area contributed by atoms with Gasteiger partial charge in [0.05, 0.1) is 13.1 Å². The molecule has 0 spiro atoms. The molecule has 2 aromatic rings. The molecule has 0 aliphatic carbocycles. The van der Waals surface area contributed by atoms with Crippen LogP contribution in [0, 0.1) is 0 Å². The van der Waals surface area contributed by atoms with Crippen LogP contribution in [0.15, 0.2) is 35.3 Å². The zero-order valence-electron chi connectivity index (χ0n) is 14.5. The Bertz CT molecular complexity index is 688. The van der Waals surface area contributed by atoms with Crippen molar-refractivity contribution in [3.05, 3.63) is 36.0 Å². The van der Waals surface area contributed by atoms with Crippen LogP contribution < -0.4 is 10.6 Å². The number of aliphatic imine (C=N–C) groups is 1. The predicted octanol–water partition coefficient (Wildman–Crippen LogP) is 2.46. The highest BCUT2D eigenvalue weighted by Gasteiger charge is 2.17. The first-order valence-electron chi connectivity index (χ1n) is 8.63. The van der Waals surface area contributed by atoms with E-state index in [0.29, 0.717) is 19.0 Å². The molecule has 1 saturated heterocycles. The number of likely N-dealkylation sites (tertiary alicyclic amines) is 1. The molecule has 0 atom stereocenters. The number of benzene rings is 1. The summed E-state index contributed by atoms with van der Waals surface area (Å²) in [4.78, 5) is 22.0. The van der Waals surface area contributed by atoms with Crippen molar-refractivity contribution in [1.29, 1.82) is 0 Å². The van der Waals surface area contributed by atoms with E-state index in [4.69, 9.17) is 0 Å². The number of fused-ring (bicyclic) bond motifs is 1.